The molecule has 0 aliphatic carbocycles. The molecule has 2 heterocycles. The topological polar surface area (TPSA) is 85.2 Å². The normalized spacial score (nSPS) is 12.4. The summed E-state index contributed by atoms with van der Waals surface area (Å²) < 4.78 is 6.77. The fraction of sp³-hybridized carbons (Fsp3) is 0.192. The van der Waals surface area contributed by atoms with Crippen LogP contribution in [0.15, 0.2) is 66.7 Å². The maximum Gasteiger partial charge on any atom is 0.256 e. The second-order valence-corrected chi connectivity index (χ2v) is 9.05. The molecule has 0 bridgehead atoms. The van der Waals surface area contributed by atoms with E-state index in [0.717, 1.165) is 44.8 Å². The molecule has 3 aromatic carbocycles. The number of thioether (sulfide) groups is 1. The smallest absolute Gasteiger partial charge is 0.256 e. The number of ether oxygens (including phenoxy) is 1. The molecule has 0 radical (unpaired) electrons. The molecule has 2 N–H and O–H groups in total. The van der Waals surface area contributed by atoms with E-state index in [4.69, 9.17) is 4.74 Å². The van der Waals surface area contributed by atoms with E-state index in [1.165, 1.54) is 0 Å². The summed E-state index contributed by atoms with van der Waals surface area (Å²) in [6, 6.07) is 21.1. The maximum absolute atomic E-state index is 13.1. The molecule has 1 aromatic heterocycles. The SMILES string of the molecule is COc1ccc(CNC(=O)Cn2nc3c(c2NC(=O)c2ccc4ccccc4c2)CSC3)cc1. The van der Waals surface area contributed by atoms with Gasteiger partial charge in [-0.05, 0) is 40.6 Å². The molecule has 8 heteroatoms. The molecule has 1 aliphatic heterocycles. The van der Waals surface area contributed by atoms with Crippen molar-refractivity contribution in [1.29, 1.82) is 0 Å². The van der Waals surface area contributed by atoms with Crippen LogP contribution >= 0.6 is 11.8 Å². The summed E-state index contributed by atoms with van der Waals surface area (Å²) in [6.45, 7) is 0.430. The zero-order valence-electron chi connectivity index (χ0n) is 18.7. The minimum Gasteiger partial charge on any atom is -0.497 e. The first-order valence-electron chi connectivity index (χ1n) is 11.0. The molecule has 0 fully saturated rings. The molecule has 2 amide bonds. The number of nitrogens with one attached hydrogen (secondary N) is 2. The Morgan fingerprint density at radius 3 is 2.62 bits per heavy atom. The second-order valence-electron chi connectivity index (χ2n) is 8.07. The van der Waals surface area contributed by atoms with Crippen molar-refractivity contribution in [2.24, 2.45) is 0 Å². The minimum absolute atomic E-state index is 0.0289. The Morgan fingerprint density at radius 1 is 1.03 bits per heavy atom. The highest BCUT2D eigenvalue weighted by molar-refractivity contribution is 7.98. The summed E-state index contributed by atoms with van der Waals surface area (Å²) in [5.41, 5.74) is 3.44. The minimum atomic E-state index is -0.217. The van der Waals surface area contributed by atoms with Crippen molar-refractivity contribution in [2.75, 3.05) is 12.4 Å². The van der Waals surface area contributed by atoms with E-state index < -0.39 is 0 Å². The first-order valence-corrected chi connectivity index (χ1v) is 12.1. The number of aromatic nitrogens is 2. The van der Waals surface area contributed by atoms with Crippen LogP contribution in [-0.2, 0) is 29.4 Å². The molecule has 0 atom stereocenters. The summed E-state index contributed by atoms with van der Waals surface area (Å²) in [5.74, 6) is 2.50. The van der Waals surface area contributed by atoms with Crippen LogP contribution in [-0.4, -0.2) is 28.7 Å². The summed E-state index contributed by atoms with van der Waals surface area (Å²) in [4.78, 5) is 25.8. The highest BCUT2D eigenvalue weighted by Crippen LogP contribution is 2.35. The molecule has 1 aliphatic rings. The van der Waals surface area contributed by atoms with Gasteiger partial charge in [-0.25, -0.2) is 4.68 Å². The number of rotatable bonds is 7. The van der Waals surface area contributed by atoms with E-state index in [9.17, 15) is 9.59 Å². The van der Waals surface area contributed by atoms with Crippen LogP contribution in [0.1, 0.15) is 27.2 Å². The Kier molecular flexibility index (Phi) is 6.22. The number of methoxy groups -OCH3 is 1. The zero-order chi connectivity index (χ0) is 23.5. The van der Waals surface area contributed by atoms with Gasteiger partial charge in [0.05, 0.1) is 12.8 Å². The molecule has 7 nitrogen and oxygen atoms in total. The van der Waals surface area contributed by atoms with E-state index in [1.54, 1.807) is 23.6 Å². The average Bonchev–Trinajstić information content (AvgIpc) is 3.45. The summed E-state index contributed by atoms with van der Waals surface area (Å²) in [6.07, 6.45) is 0. The molecule has 172 valence electrons. The van der Waals surface area contributed by atoms with Gasteiger partial charge in [0.15, 0.2) is 0 Å². The third-order valence-corrected chi connectivity index (χ3v) is 6.77. The second kappa shape index (κ2) is 9.61. The Morgan fingerprint density at radius 2 is 1.82 bits per heavy atom. The molecule has 0 spiro atoms. The van der Waals surface area contributed by atoms with Gasteiger partial charge in [0, 0.05) is 29.2 Å². The highest BCUT2D eigenvalue weighted by Gasteiger charge is 2.25. The van der Waals surface area contributed by atoms with Gasteiger partial charge in [-0.15, -0.1) is 0 Å². The highest BCUT2D eigenvalue weighted by atomic mass is 32.2. The number of carbonyl (C=O) groups excluding carboxylic acids is 2. The first-order chi connectivity index (χ1) is 16.6. The molecular weight excluding hydrogens is 448 g/mol. The standard InChI is InChI=1S/C26H24N4O3S/c1-33-21-10-6-17(7-11-21)13-27-24(31)14-30-25(22-15-34-16-23(22)29-30)28-26(32)20-9-8-18-4-2-3-5-19(18)12-20/h2-12H,13-16H2,1H3,(H,27,31)(H,28,32). The zero-order valence-corrected chi connectivity index (χ0v) is 19.5. The Hall–Kier alpha value is -3.78. The van der Waals surface area contributed by atoms with Crippen molar-refractivity contribution in [3.63, 3.8) is 0 Å². The van der Waals surface area contributed by atoms with Gasteiger partial charge in [0.2, 0.25) is 5.91 Å². The molecule has 4 aromatic rings. The van der Waals surface area contributed by atoms with Crippen LogP contribution < -0.4 is 15.4 Å². The number of anilines is 1. The van der Waals surface area contributed by atoms with Gasteiger partial charge in [-0.1, -0.05) is 42.5 Å². The van der Waals surface area contributed by atoms with Crippen molar-refractivity contribution in [2.45, 2.75) is 24.6 Å². The Balaban J connectivity index is 1.30. The number of hydrogen-bond donors (Lipinski definition) is 2. The lowest BCUT2D eigenvalue weighted by atomic mass is 10.1. The van der Waals surface area contributed by atoms with Gasteiger partial charge in [-0.2, -0.15) is 16.9 Å². The van der Waals surface area contributed by atoms with E-state index in [-0.39, 0.29) is 18.4 Å². The number of amides is 2. The van der Waals surface area contributed by atoms with Gasteiger partial charge in [0.1, 0.15) is 18.1 Å². The summed E-state index contributed by atoms with van der Waals surface area (Å²) in [5, 5.41) is 12.6. The Bertz CT molecular complexity index is 1360. The van der Waals surface area contributed by atoms with Crippen LogP contribution in [0.4, 0.5) is 5.82 Å². The average molecular weight is 473 g/mol. The predicted molar refractivity (Wildman–Crippen MR) is 134 cm³/mol. The van der Waals surface area contributed by atoms with E-state index in [0.29, 0.717) is 17.9 Å². The molecule has 0 saturated heterocycles. The number of benzene rings is 3. The summed E-state index contributed by atoms with van der Waals surface area (Å²) in [7, 11) is 1.62. The molecule has 0 saturated carbocycles. The van der Waals surface area contributed by atoms with E-state index in [1.807, 2.05) is 66.7 Å². The lowest BCUT2D eigenvalue weighted by Gasteiger charge is -2.12. The number of carbonyl (C=O) groups is 2. The first kappa shape index (κ1) is 22.0. The van der Waals surface area contributed by atoms with Crippen LogP contribution in [0, 0.1) is 0 Å². The van der Waals surface area contributed by atoms with E-state index >= 15 is 0 Å². The quantitative estimate of drug-likeness (QED) is 0.418. The van der Waals surface area contributed by atoms with Gasteiger partial charge < -0.3 is 15.4 Å². The van der Waals surface area contributed by atoms with Crippen molar-refractivity contribution in [3.8, 4) is 5.75 Å². The van der Waals surface area contributed by atoms with Crippen molar-refractivity contribution in [3.05, 3.63) is 89.1 Å². The van der Waals surface area contributed by atoms with Crippen molar-refractivity contribution in [1.82, 2.24) is 15.1 Å². The summed E-state index contributed by atoms with van der Waals surface area (Å²) >= 11 is 1.75. The van der Waals surface area contributed by atoms with Crippen LogP contribution in [0.5, 0.6) is 5.75 Å². The monoisotopic (exact) mass is 472 g/mol. The van der Waals surface area contributed by atoms with Crippen molar-refractivity contribution >= 4 is 40.2 Å². The number of nitrogens with zero attached hydrogens (tertiary/aromatic N) is 2. The lowest BCUT2D eigenvalue weighted by molar-refractivity contribution is -0.122. The maximum atomic E-state index is 13.1. The fourth-order valence-corrected chi connectivity index (χ4v) is 5.00. The number of fused-ring (bicyclic) bond motifs is 2. The van der Waals surface area contributed by atoms with Gasteiger partial charge in [-0.3, -0.25) is 9.59 Å². The van der Waals surface area contributed by atoms with Crippen molar-refractivity contribution < 1.29 is 14.3 Å². The predicted octanol–water partition coefficient (Wildman–Crippen LogP) is 4.36. The third-order valence-electron chi connectivity index (χ3n) is 5.80. The molecule has 0 unspecified atom stereocenters. The number of hydrogen-bond acceptors (Lipinski definition) is 5. The van der Waals surface area contributed by atoms with Gasteiger partial charge >= 0.3 is 0 Å². The van der Waals surface area contributed by atoms with Crippen LogP contribution in [0.25, 0.3) is 10.8 Å². The molecule has 34 heavy (non-hydrogen) atoms. The molecule has 5 rings (SSSR count). The third kappa shape index (κ3) is 4.63. The fourth-order valence-electron chi connectivity index (χ4n) is 3.97. The van der Waals surface area contributed by atoms with Crippen LogP contribution in [0.3, 0.4) is 0 Å². The van der Waals surface area contributed by atoms with Gasteiger partial charge in [0.25, 0.3) is 5.91 Å². The van der Waals surface area contributed by atoms with E-state index in [2.05, 4.69) is 15.7 Å². The largest absolute Gasteiger partial charge is 0.497 e. The Labute approximate surface area is 201 Å². The molecular formula is C26H24N4O3S. The van der Waals surface area contributed by atoms with Crippen LogP contribution in [0.2, 0.25) is 0 Å². The lowest BCUT2D eigenvalue weighted by Crippen LogP contribution is -2.28.